The van der Waals surface area contributed by atoms with E-state index in [1.54, 1.807) is 0 Å². The lowest BCUT2D eigenvalue weighted by Gasteiger charge is -2.19. The third-order valence-electron chi connectivity index (χ3n) is 1.28. The van der Waals surface area contributed by atoms with Crippen LogP contribution in [0.1, 0.15) is 12.8 Å². The fourth-order valence-electron chi connectivity index (χ4n) is 0.762. The molecule has 2 atom stereocenters. The van der Waals surface area contributed by atoms with Crippen molar-refractivity contribution in [3.8, 4) is 0 Å². The summed E-state index contributed by atoms with van der Waals surface area (Å²) >= 11 is 0. The van der Waals surface area contributed by atoms with Crippen LogP contribution in [0, 0.1) is 4.91 Å². The van der Waals surface area contributed by atoms with Crippen LogP contribution >= 0.6 is 16.9 Å². The molecule has 0 aromatic carbocycles. The minimum Gasteiger partial charge on any atom is -0.330 e. The van der Waals surface area contributed by atoms with E-state index in [4.69, 9.17) is 20.4 Å². The van der Waals surface area contributed by atoms with Gasteiger partial charge in [-0.1, -0.05) is 4.52 Å². The lowest BCUT2D eigenvalue weighted by Crippen LogP contribution is -2.30. The van der Waals surface area contributed by atoms with Crippen LogP contribution in [0.25, 0.3) is 0 Å². The van der Waals surface area contributed by atoms with Gasteiger partial charge in [0.1, 0.15) is 0 Å². The Labute approximate surface area is 87.1 Å². The monoisotopic (exact) mass is 261 g/mol. The van der Waals surface area contributed by atoms with Crippen LogP contribution in [0.5, 0.6) is 0 Å². The third kappa shape index (κ3) is 6.14. The van der Waals surface area contributed by atoms with Gasteiger partial charge in [0.2, 0.25) is 0 Å². The summed E-state index contributed by atoms with van der Waals surface area (Å²) in [6, 6.07) is 0. The highest BCUT2D eigenvalue weighted by molar-refractivity contribution is 7.39. The van der Waals surface area contributed by atoms with E-state index in [0.29, 0.717) is 0 Å². The Morgan fingerprint density at radius 2 is 2.13 bits per heavy atom. The minimum atomic E-state index is -3.16. The molecule has 15 heavy (non-hydrogen) atoms. The topological polar surface area (TPSA) is 152 Å². The quantitative estimate of drug-likeness (QED) is 0.271. The summed E-state index contributed by atoms with van der Waals surface area (Å²) in [5.41, 5.74) is 5.14. The van der Waals surface area contributed by atoms with Gasteiger partial charge in [-0.2, -0.15) is 0 Å². The van der Waals surface area contributed by atoms with E-state index < -0.39 is 22.8 Å². The second-order valence-corrected chi connectivity index (χ2v) is 3.72. The molecule has 9 nitrogen and oxygen atoms in total. The Morgan fingerprint density at radius 3 is 2.47 bits per heavy atom. The molecular weight excluding hydrogens is 250 g/mol. The smallest absolute Gasteiger partial charge is 0.330 e. The van der Waals surface area contributed by atoms with E-state index in [1.807, 2.05) is 0 Å². The van der Waals surface area contributed by atoms with Crippen molar-refractivity contribution in [2.24, 2.45) is 10.9 Å². The highest BCUT2D eigenvalue weighted by atomic mass is 31.2. The van der Waals surface area contributed by atoms with Crippen molar-refractivity contribution in [3.05, 3.63) is 4.91 Å². The van der Waals surface area contributed by atoms with Crippen molar-refractivity contribution in [3.63, 3.8) is 0 Å². The molecule has 0 bridgehead atoms. The molecule has 11 heteroatoms. The molecule has 88 valence electrons. The van der Waals surface area contributed by atoms with Gasteiger partial charge in [0, 0.05) is 16.2 Å². The van der Waals surface area contributed by atoms with Crippen molar-refractivity contribution in [2.75, 3.05) is 6.54 Å². The summed E-state index contributed by atoms with van der Waals surface area (Å²) in [4.78, 5) is 35.9. The van der Waals surface area contributed by atoms with Crippen molar-refractivity contribution in [1.29, 1.82) is 0 Å². The van der Waals surface area contributed by atoms with Gasteiger partial charge in [-0.3, -0.25) is 4.52 Å². The maximum absolute atomic E-state index is 10.4. The van der Waals surface area contributed by atoms with Gasteiger partial charge >= 0.3 is 22.8 Å². The summed E-state index contributed by atoms with van der Waals surface area (Å²) in [5, 5.41) is 2.34. The average Bonchev–Trinajstić information content (AvgIpc) is 2.12. The highest BCUT2D eigenvalue weighted by Gasteiger charge is 2.45. The van der Waals surface area contributed by atoms with Gasteiger partial charge in [-0.05, 0) is 13.0 Å². The van der Waals surface area contributed by atoms with E-state index in [0.717, 1.165) is 0 Å². The van der Waals surface area contributed by atoms with Crippen LogP contribution in [0.4, 0.5) is 0 Å². The fraction of sp³-hybridized carbons (Fsp3) is 1.00. The number of nitrogens with two attached hydrogens (primary N) is 1. The Hall–Kier alpha value is -0.110. The molecule has 0 fully saturated rings. The lowest BCUT2D eigenvalue weighted by atomic mass is 10.2. The summed E-state index contributed by atoms with van der Waals surface area (Å²) in [7, 11) is -6.10. The van der Waals surface area contributed by atoms with E-state index in [9.17, 15) is 9.47 Å². The summed E-state index contributed by atoms with van der Waals surface area (Å²) in [5.74, 6) is -2.38. The Balaban J connectivity index is 4.58. The largest absolute Gasteiger partial charge is 0.700 e. The summed E-state index contributed by atoms with van der Waals surface area (Å²) in [6.07, 6.45) is -0.0628. The van der Waals surface area contributed by atoms with Gasteiger partial charge in [0.05, 0.1) is 0 Å². The maximum Gasteiger partial charge on any atom is 0.700 e. The molecule has 0 spiro atoms. The number of nitrogens with zero attached hydrogens (tertiary/aromatic N) is 1. The molecule has 0 saturated heterocycles. The first-order valence-corrected chi connectivity index (χ1v) is 6.02. The molecule has 5 N–H and O–H groups in total. The maximum atomic E-state index is 10.4. The molecule has 0 aliphatic rings. The van der Waals surface area contributed by atoms with Crippen LogP contribution < -0.4 is 5.73 Å². The van der Waals surface area contributed by atoms with Crippen molar-refractivity contribution < 1.29 is 28.3 Å². The van der Waals surface area contributed by atoms with E-state index in [2.05, 4.69) is 14.2 Å². The van der Waals surface area contributed by atoms with Gasteiger partial charge in [-0.25, -0.2) is 0 Å². The van der Waals surface area contributed by atoms with Crippen LogP contribution in [0.3, 0.4) is 0 Å². The molecule has 2 unspecified atom stereocenters. The second-order valence-electron chi connectivity index (χ2n) is 2.37. The molecule has 0 rings (SSSR count). The normalized spacial score (nSPS) is 16.2. The van der Waals surface area contributed by atoms with Crippen molar-refractivity contribution in [1.82, 2.24) is 0 Å². The minimum absolute atomic E-state index is 0.154. The van der Waals surface area contributed by atoms with E-state index in [-0.39, 0.29) is 19.4 Å². The molecule has 0 aliphatic carbocycles. The Kier molecular flexibility index (Phi) is 7.16. The van der Waals surface area contributed by atoms with Gasteiger partial charge in [0.25, 0.3) is 0 Å². The van der Waals surface area contributed by atoms with Gasteiger partial charge in [-0.15, -0.1) is 9.80 Å². The van der Waals surface area contributed by atoms with E-state index >= 15 is 0 Å². The number of hydrogen-bond donors (Lipinski definition) is 4. The highest BCUT2D eigenvalue weighted by Crippen LogP contribution is 2.41. The van der Waals surface area contributed by atoms with Crippen molar-refractivity contribution in [2.45, 2.75) is 18.8 Å². The first-order valence-electron chi connectivity index (χ1n) is 3.72. The second kappa shape index (κ2) is 7.21. The molecule has 0 aliphatic heterocycles. The molecule has 0 aromatic heterocycles. The Bertz CT molecular complexity index is 227. The zero-order valence-electron chi connectivity index (χ0n) is 7.51. The fourth-order valence-corrected chi connectivity index (χ4v) is 1.64. The molecule has 0 aromatic rings. The number of rotatable bonds is 8. The van der Waals surface area contributed by atoms with E-state index in [1.165, 1.54) is 0 Å². The zero-order chi connectivity index (χ0) is 11.9. The first kappa shape index (κ1) is 14.9. The summed E-state index contributed by atoms with van der Waals surface area (Å²) < 4.78 is 18.9. The molecular formula is C4H11N2O7P2+. The van der Waals surface area contributed by atoms with Crippen LogP contribution in [-0.2, 0) is 13.6 Å². The summed E-state index contributed by atoms with van der Waals surface area (Å²) in [6.45, 7) is 0.154. The standard InChI is InChI=1S/C4H10N2O7P2/c5-3-1-2-4(6-7,12-14(8)9)13-15(10)11/h8-9H,1-3,5H2/p+1. The van der Waals surface area contributed by atoms with Crippen LogP contribution in [-0.4, -0.2) is 27.1 Å². The Morgan fingerprint density at radius 1 is 1.53 bits per heavy atom. The average molecular weight is 261 g/mol. The molecule has 0 amide bonds. The lowest BCUT2D eigenvalue weighted by molar-refractivity contribution is -0.119. The molecule has 0 saturated carbocycles. The third-order valence-corrected chi connectivity index (χ3v) is 2.17. The predicted molar refractivity (Wildman–Crippen MR) is 50.2 cm³/mol. The van der Waals surface area contributed by atoms with Crippen molar-refractivity contribution >= 4 is 16.9 Å². The van der Waals surface area contributed by atoms with Crippen LogP contribution in [0.2, 0.25) is 0 Å². The molecule has 0 heterocycles. The SMILES string of the molecule is NCCCC(N=O)(OP(O)O)O[P+](=O)O. The molecule has 0 radical (unpaired) electrons. The van der Waals surface area contributed by atoms with Gasteiger partial charge in [0.15, 0.2) is 0 Å². The van der Waals surface area contributed by atoms with Gasteiger partial charge < -0.3 is 15.5 Å². The number of nitroso groups, excluding NO2 is 1. The predicted octanol–water partition coefficient (Wildman–Crippen LogP) is 0.0399. The zero-order valence-corrected chi connectivity index (χ0v) is 9.30. The van der Waals surface area contributed by atoms with Crippen LogP contribution in [0.15, 0.2) is 5.18 Å². The first-order chi connectivity index (χ1) is 6.95. The number of hydrogen-bond acceptors (Lipinski definition) is 8.